The molecule has 36 heavy (non-hydrogen) atoms. The Bertz CT molecular complexity index is 1180. The molecule has 6 nitrogen and oxygen atoms in total. The molecule has 0 radical (unpaired) electrons. The van der Waals surface area contributed by atoms with Crippen LogP contribution in [-0.4, -0.2) is 50.7 Å². The van der Waals surface area contributed by atoms with Gasteiger partial charge in [-0.15, -0.1) is 0 Å². The Morgan fingerprint density at radius 2 is 1.58 bits per heavy atom. The van der Waals surface area contributed by atoms with Crippen molar-refractivity contribution in [1.29, 1.82) is 0 Å². The lowest BCUT2D eigenvalue weighted by atomic mass is 9.86. The number of aryl methyl sites for hydroxylation is 1. The lowest BCUT2D eigenvalue weighted by Crippen LogP contribution is -2.32. The molecule has 1 heterocycles. The summed E-state index contributed by atoms with van der Waals surface area (Å²) in [4.78, 5) is 14.2. The van der Waals surface area contributed by atoms with Gasteiger partial charge in [-0.2, -0.15) is 4.98 Å². The van der Waals surface area contributed by atoms with Crippen LogP contribution in [0, 0.1) is 5.92 Å². The fourth-order valence-corrected chi connectivity index (χ4v) is 6.00. The van der Waals surface area contributed by atoms with Crippen molar-refractivity contribution >= 4 is 28.2 Å². The van der Waals surface area contributed by atoms with Gasteiger partial charge in [0.2, 0.25) is 5.95 Å². The van der Waals surface area contributed by atoms with E-state index in [1.165, 1.54) is 71.8 Å². The van der Waals surface area contributed by atoms with Crippen LogP contribution in [0.25, 0.3) is 10.8 Å². The number of benzene rings is 2. The number of hydrogen-bond donors (Lipinski definition) is 2. The van der Waals surface area contributed by atoms with Crippen molar-refractivity contribution in [2.45, 2.75) is 64.0 Å². The van der Waals surface area contributed by atoms with Crippen LogP contribution in [0.3, 0.4) is 0 Å². The Balaban J connectivity index is 1.14. The molecule has 1 fully saturated rings. The summed E-state index contributed by atoms with van der Waals surface area (Å²) in [6.07, 6.45) is 9.54. The molecule has 1 saturated carbocycles. The third kappa shape index (κ3) is 5.44. The predicted octanol–water partition coefficient (Wildman–Crippen LogP) is 5.40. The van der Waals surface area contributed by atoms with E-state index >= 15 is 0 Å². The average molecular weight is 487 g/mol. The van der Waals surface area contributed by atoms with Crippen molar-refractivity contribution in [3.63, 3.8) is 0 Å². The molecule has 3 aromatic rings. The highest BCUT2D eigenvalue weighted by Crippen LogP contribution is 2.31. The minimum absolute atomic E-state index is 0.473. The number of aromatic nitrogens is 2. The summed E-state index contributed by atoms with van der Waals surface area (Å²) >= 11 is 0. The van der Waals surface area contributed by atoms with Gasteiger partial charge in [-0.05, 0) is 80.8 Å². The van der Waals surface area contributed by atoms with E-state index in [4.69, 9.17) is 9.97 Å². The van der Waals surface area contributed by atoms with Gasteiger partial charge in [0.25, 0.3) is 0 Å². The molecule has 0 unspecified atom stereocenters. The van der Waals surface area contributed by atoms with E-state index in [1.54, 1.807) is 0 Å². The summed E-state index contributed by atoms with van der Waals surface area (Å²) < 4.78 is 0. The van der Waals surface area contributed by atoms with Crippen LogP contribution < -0.4 is 20.4 Å². The standard InChI is InChI=1S/C30H42N6/c1-35(2)28-18-15-22(24-9-5-6-10-25(24)28)20-31-19-21-13-16-23(17-14-21)32-30-33-27-12-8-7-11-26(27)29(34-30)36(3)4/h5-6,9-10,15,18,21,23,31H,7-8,11-14,16-17,19-20H2,1-4H3,(H,32,33,34)/t21-,23+. The Hall–Kier alpha value is -2.86. The van der Waals surface area contributed by atoms with Crippen LogP contribution in [0.5, 0.6) is 0 Å². The van der Waals surface area contributed by atoms with Crippen molar-refractivity contribution in [3.05, 3.63) is 53.2 Å². The first kappa shape index (κ1) is 24.8. The molecule has 6 heteroatoms. The van der Waals surface area contributed by atoms with Crippen LogP contribution in [0.4, 0.5) is 17.5 Å². The van der Waals surface area contributed by atoms with Crippen LogP contribution in [0.15, 0.2) is 36.4 Å². The highest BCUT2D eigenvalue weighted by molar-refractivity contribution is 5.96. The molecule has 1 aromatic heterocycles. The molecule has 2 N–H and O–H groups in total. The van der Waals surface area contributed by atoms with E-state index in [2.05, 4.69) is 85.0 Å². The van der Waals surface area contributed by atoms with E-state index in [-0.39, 0.29) is 0 Å². The fraction of sp³-hybridized carbons (Fsp3) is 0.533. The van der Waals surface area contributed by atoms with Crippen molar-refractivity contribution in [2.24, 2.45) is 5.92 Å². The van der Waals surface area contributed by atoms with E-state index < -0.39 is 0 Å². The van der Waals surface area contributed by atoms with E-state index in [0.29, 0.717) is 6.04 Å². The maximum atomic E-state index is 4.93. The van der Waals surface area contributed by atoms with Crippen LogP contribution in [0.2, 0.25) is 0 Å². The molecule has 0 saturated heterocycles. The summed E-state index contributed by atoms with van der Waals surface area (Å²) in [5.41, 5.74) is 5.27. The highest BCUT2D eigenvalue weighted by atomic mass is 15.2. The molecule has 192 valence electrons. The maximum absolute atomic E-state index is 4.93. The Morgan fingerprint density at radius 1 is 0.833 bits per heavy atom. The zero-order valence-electron chi connectivity index (χ0n) is 22.5. The van der Waals surface area contributed by atoms with E-state index in [1.807, 2.05) is 0 Å². The monoisotopic (exact) mass is 486 g/mol. The molecule has 2 aliphatic rings. The zero-order chi connectivity index (χ0) is 25.1. The van der Waals surface area contributed by atoms with Gasteiger partial charge in [-0.3, -0.25) is 0 Å². The highest BCUT2D eigenvalue weighted by Gasteiger charge is 2.24. The van der Waals surface area contributed by atoms with Gasteiger partial charge in [0, 0.05) is 57.4 Å². The van der Waals surface area contributed by atoms with E-state index in [0.717, 1.165) is 43.6 Å². The summed E-state index contributed by atoms with van der Waals surface area (Å²) in [7, 11) is 8.42. The molecule has 2 aliphatic carbocycles. The third-order valence-corrected chi connectivity index (χ3v) is 7.99. The Morgan fingerprint density at radius 3 is 2.33 bits per heavy atom. The number of nitrogens with zero attached hydrogens (tertiary/aromatic N) is 4. The number of fused-ring (bicyclic) bond motifs is 2. The van der Waals surface area contributed by atoms with Gasteiger partial charge >= 0.3 is 0 Å². The van der Waals surface area contributed by atoms with Gasteiger partial charge in [0.1, 0.15) is 5.82 Å². The number of hydrogen-bond acceptors (Lipinski definition) is 6. The Kier molecular flexibility index (Phi) is 7.61. The van der Waals surface area contributed by atoms with Gasteiger partial charge in [0.05, 0.1) is 5.69 Å². The van der Waals surface area contributed by atoms with Gasteiger partial charge < -0.3 is 20.4 Å². The van der Waals surface area contributed by atoms with E-state index in [9.17, 15) is 0 Å². The van der Waals surface area contributed by atoms with Crippen molar-refractivity contribution in [1.82, 2.24) is 15.3 Å². The summed E-state index contributed by atoms with van der Waals surface area (Å²) in [6, 6.07) is 13.8. The third-order valence-electron chi connectivity index (χ3n) is 7.99. The van der Waals surface area contributed by atoms with Crippen molar-refractivity contribution in [2.75, 3.05) is 49.9 Å². The minimum Gasteiger partial charge on any atom is -0.377 e. The molecule has 2 aromatic carbocycles. The first-order valence-electron chi connectivity index (χ1n) is 13.7. The topological polar surface area (TPSA) is 56.3 Å². The normalized spacial score (nSPS) is 19.7. The molecular formula is C30H42N6. The Labute approximate surface area is 216 Å². The maximum Gasteiger partial charge on any atom is 0.225 e. The average Bonchev–Trinajstić information content (AvgIpc) is 2.89. The molecule has 0 bridgehead atoms. The number of rotatable bonds is 8. The molecule has 0 amide bonds. The summed E-state index contributed by atoms with van der Waals surface area (Å²) in [5, 5.41) is 10.1. The van der Waals surface area contributed by atoms with Crippen molar-refractivity contribution < 1.29 is 0 Å². The number of nitrogens with one attached hydrogen (secondary N) is 2. The van der Waals surface area contributed by atoms with Crippen LogP contribution in [-0.2, 0) is 19.4 Å². The lowest BCUT2D eigenvalue weighted by Gasteiger charge is -2.30. The SMILES string of the molecule is CN(C)c1nc(N[C@H]2CC[C@@H](CNCc3ccc(N(C)C)c4ccccc34)CC2)nc2c1CCCC2. The molecule has 0 spiro atoms. The molecule has 0 atom stereocenters. The van der Waals surface area contributed by atoms with Crippen molar-refractivity contribution in [3.8, 4) is 0 Å². The summed E-state index contributed by atoms with van der Waals surface area (Å²) in [5.74, 6) is 2.66. The summed E-state index contributed by atoms with van der Waals surface area (Å²) in [6.45, 7) is 2.00. The second kappa shape index (κ2) is 11.0. The van der Waals surface area contributed by atoms with Crippen LogP contribution >= 0.6 is 0 Å². The second-order valence-electron chi connectivity index (χ2n) is 11.1. The fourth-order valence-electron chi connectivity index (χ4n) is 6.00. The molecule has 5 rings (SSSR count). The van der Waals surface area contributed by atoms with Crippen LogP contribution in [0.1, 0.15) is 55.3 Å². The smallest absolute Gasteiger partial charge is 0.225 e. The quantitative estimate of drug-likeness (QED) is 0.445. The minimum atomic E-state index is 0.473. The van der Waals surface area contributed by atoms with Gasteiger partial charge in [-0.25, -0.2) is 4.98 Å². The second-order valence-corrected chi connectivity index (χ2v) is 11.1. The molecule has 0 aliphatic heterocycles. The first-order valence-corrected chi connectivity index (χ1v) is 13.7. The zero-order valence-corrected chi connectivity index (χ0v) is 22.5. The predicted molar refractivity (Wildman–Crippen MR) is 152 cm³/mol. The van der Waals surface area contributed by atoms with Gasteiger partial charge in [-0.1, -0.05) is 30.3 Å². The number of anilines is 3. The first-order chi connectivity index (χ1) is 17.5. The van der Waals surface area contributed by atoms with Gasteiger partial charge in [0.15, 0.2) is 0 Å². The molecular weight excluding hydrogens is 444 g/mol. The lowest BCUT2D eigenvalue weighted by molar-refractivity contribution is 0.324. The largest absolute Gasteiger partial charge is 0.377 e.